The van der Waals surface area contributed by atoms with Crippen LogP contribution in [0.5, 0.6) is 0 Å². The van der Waals surface area contributed by atoms with Gasteiger partial charge in [0, 0.05) is 17.9 Å². The lowest BCUT2D eigenvalue weighted by atomic mass is 10.2. The molecular formula is C15H13N5O2S. The number of thioether (sulfide) groups is 1. The van der Waals surface area contributed by atoms with Gasteiger partial charge in [-0.25, -0.2) is 0 Å². The first-order chi connectivity index (χ1) is 11.1. The van der Waals surface area contributed by atoms with Crippen molar-refractivity contribution in [3.63, 3.8) is 0 Å². The van der Waals surface area contributed by atoms with Crippen molar-refractivity contribution in [1.29, 1.82) is 0 Å². The van der Waals surface area contributed by atoms with E-state index >= 15 is 0 Å². The van der Waals surface area contributed by atoms with Crippen molar-refractivity contribution < 1.29 is 4.92 Å². The van der Waals surface area contributed by atoms with Crippen LogP contribution in [-0.4, -0.2) is 25.1 Å². The molecule has 0 aliphatic rings. The molecule has 0 bridgehead atoms. The van der Waals surface area contributed by atoms with E-state index in [4.69, 9.17) is 0 Å². The van der Waals surface area contributed by atoms with E-state index in [-0.39, 0.29) is 5.69 Å². The SMILES string of the molecule is Cc1cccc(-n2nnnc2SCc2ccc([N+](=O)[O-])cc2)c1. The van der Waals surface area contributed by atoms with Crippen LogP contribution in [0.1, 0.15) is 11.1 Å². The minimum Gasteiger partial charge on any atom is -0.258 e. The lowest BCUT2D eigenvalue weighted by Crippen LogP contribution is -1.99. The largest absolute Gasteiger partial charge is 0.269 e. The number of nitrogens with zero attached hydrogens (tertiary/aromatic N) is 5. The Morgan fingerprint density at radius 3 is 2.70 bits per heavy atom. The second kappa shape index (κ2) is 6.57. The molecule has 0 N–H and O–H groups in total. The number of aryl methyl sites for hydroxylation is 1. The first-order valence-corrected chi connectivity index (χ1v) is 7.83. The molecule has 0 saturated carbocycles. The molecule has 0 unspecified atom stereocenters. The average molecular weight is 327 g/mol. The third kappa shape index (κ3) is 3.54. The summed E-state index contributed by atoms with van der Waals surface area (Å²) in [4.78, 5) is 10.2. The Kier molecular flexibility index (Phi) is 4.33. The number of tetrazole rings is 1. The first-order valence-electron chi connectivity index (χ1n) is 6.85. The maximum Gasteiger partial charge on any atom is 0.269 e. The summed E-state index contributed by atoms with van der Waals surface area (Å²) >= 11 is 1.48. The smallest absolute Gasteiger partial charge is 0.258 e. The topological polar surface area (TPSA) is 86.7 Å². The van der Waals surface area contributed by atoms with E-state index in [2.05, 4.69) is 15.5 Å². The fraction of sp³-hybridized carbons (Fsp3) is 0.133. The number of non-ortho nitro benzene ring substituents is 1. The van der Waals surface area contributed by atoms with E-state index in [9.17, 15) is 10.1 Å². The minimum atomic E-state index is -0.408. The van der Waals surface area contributed by atoms with Gasteiger partial charge in [0.05, 0.1) is 10.6 Å². The van der Waals surface area contributed by atoms with Crippen molar-refractivity contribution in [3.05, 3.63) is 69.8 Å². The van der Waals surface area contributed by atoms with Crippen LogP contribution in [-0.2, 0) is 5.75 Å². The highest BCUT2D eigenvalue weighted by Gasteiger charge is 2.10. The van der Waals surface area contributed by atoms with Gasteiger partial charge in [-0.2, -0.15) is 4.68 Å². The fourth-order valence-electron chi connectivity index (χ4n) is 2.05. The highest BCUT2D eigenvalue weighted by atomic mass is 32.2. The normalized spacial score (nSPS) is 10.7. The summed E-state index contributed by atoms with van der Waals surface area (Å²) in [5.41, 5.74) is 3.09. The van der Waals surface area contributed by atoms with Gasteiger partial charge >= 0.3 is 0 Å². The number of hydrogen-bond donors (Lipinski definition) is 0. The molecule has 1 aromatic heterocycles. The standard InChI is InChI=1S/C15H13N5O2S/c1-11-3-2-4-14(9-11)19-15(16-17-18-19)23-10-12-5-7-13(8-6-12)20(21)22/h2-9H,10H2,1H3. The summed E-state index contributed by atoms with van der Waals surface area (Å²) in [5, 5.41) is 23.1. The van der Waals surface area contributed by atoms with Crippen molar-refractivity contribution in [2.24, 2.45) is 0 Å². The van der Waals surface area contributed by atoms with Crippen molar-refractivity contribution in [2.45, 2.75) is 17.8 Å². The number of nitro benzene ring substituents is 1. The Labute approximate surface area is 136 Å². The number of hydrogen-bond acceptors (Lipinski definition) is 6. The predicted molar refractivity (Wildman–Crippen MR) is 86.5 cm³/mol. The van der Waals surface area contributed by atoms with Gasteiger partial charge in [-0.1, -0.05) is 36.0 Å². The highest BCUT2D eigenvalue weighted by Crippen LogP contribution is 2.23. The van der Waals surface area contributed by atoms with Crippen LogP contribution < -0.4 is 0 Å². The molecule has 3 aromatic rings. The van der Waals surface area contributed by atoms with Crippen molar-refractivity contribution in [3.8, 4) is 5.69 Å². The van der Waals surface area contributed by atoms with E-state index in [1.54, 1.807) is 16.8 Å². The fourth-order valence-corrected chi connectivity index (χ4v) is 2.90. The van der Waals surface area contributed by atoms with E-state index < -0.39 is 4.92 Å². The molecule has 7 nitrogen and oxygen atoms in total. The molecule has 2 aromatic carbocycles. The maximum atomic E-state index is 10.7. The Morgan fingerprint density at radius 2 is 2.00 bits per heavy atom. The van der Waals surface area contributed by atoms with Gasteiger partial charge in [0.1, 0.15) is 0 Å². The van der Waals surface area contributed by atoms with Gasteiger partial charge < -0.3 is 0 Å². The third-order valence-corrected chi connectivity index (χ3v) is 4.19. The molecule has 0 spiro atoms. The van der Waals surface area contributed by atoms with Crippen LogP contribution in [0.3, 0.4) is 0 Å². The Morgan fingerprint density at radius 1 is 1.22 bits per heavy atom. The van der Waals surface area contributed by atoms with Gasteiger partial charge in [0.15, 0.2) is 0 Å². The Bertz CT molecular complexity index is 832. The van der Waals surface area contributed by atoms with E-state index in [1.807, 2.05) is 31.2 Å². The van der Waals surface area contributed by atoms with E-state index in [1.165, 1.54) is 23.9 Å². The lowest BCUT2D eigenvalue weighted by molar-refractivity contribution is -0.384. The summed E-state index contributed by atoms with van der Waals surface area (Å²) in [7, 11) is 0. The van der Waals surface area contributed by atoms with Crippen molar-refractivity contribution in [1.82, 2.24) is 20.2 Å². The first kappa shape index (κ1) is 15.2. The van der Waals surface area contributed by atoms with Crippen LogP contribution >= 0.6 is 11.8 Å². The quantitative estimate of drug-likeness (QED) is 0.406. The number of benzene rings is 2. The molecule has 0 aliphatic carbocycles. The molecule has 0 aliphatic heterocycles. The average Bonchev–Trinajstić information content (AvgIpc) is 3.02. The second-order valence-electron chi connectivity index (χ2n) is 4.92. The Balaban J connectivity index is 1.74. The molecule has 23 heavy (non-hydrogen) atoms. The summed E-state index contributed by atoms with van der Waals surface area (Å²) in [6, 6.07) is 14.4. The van der Waals surface area contributed by atoms with Crippen LogP contribution in [0.25, 0.3) is 5.69 Å². The summed E-state index contributed by atoms with van der Waals surface area (Å²) < 4.78 is 1.68. The van der Waals surface area contributed by atoms with Crippen LogP contribution in [0.4, 0.5) is 5.69 Å². The third-order valence-electron chi connectivity index (χ3n) is 3.20. The summed E-state index contributed by atoms with van der Waals surface area (Å²) in [6.45, 7) is 2.01. The lowest BCUT2D eigenvalue weighted by Gasteiger charge is -2.05. The molecule has 0 atom stereocenters. The zero-order valence-electron chi connectivity index (χ0n) is 12.3. The van der Waals surface area contributed by atoms with E-state index in [0.717, 1.165) is 16.8 Å². The summed E-state index contributed by atoms with van der Waals surface area (Å²) in [5.74, 6) is 0.629. The molecule has 8 heteroatoms. The molecule has 0 saturated heterocycles. The molecule has 116 valence electrons. The zero-order valence-corrected chi connectivity index (χ0v) is 13.1. The highest BCUT2D eigenvalue weighted by molar-refractivity contribution is 7.98. The minimum absolute atomic E-state index is 0.0864. The van der Waals surface area contributed by atoms with Crippen molar-refractivity contribution in [2.75, 3.05) is 0 Å². The molecule has 3 rings (SSSR count). The van der Waals surface area contributed by atoms with Crippen LogP contribution in [0, 0.1) is 17.0 Å². The zero-order chi connectivity index (χ0) is 16.2. The van der Waals surface area contributed by atoms with Crippen LogP contribution in [0.2, 0.25) is 0 Å². The number of nitro groups is 1. The summed E-state index contributed by atoms with van der Waals surface area (Å²) in [6.07, 6.45) is 0. The van der Waals surface area contributed by atoms with Gasteiger partial charge in [0.25, 0.3) is 5.69 Å². The van der Waals surface area contributed by atoms with Gasteiger partial charge in [-0.15, -0.1) is 5.10 Å². The molecular weight excluding hydrogens is 314 g/mol. The number of rotatable bonds is 5. The van der Waals surface area contributed by atoms with Crippen LogP contribution in [0.15, 0.2) is 53.7 Å². The van der Waals surface area contributed by atoms with Crippen molar-refractivity contribution >= 4 is 17.4 Å². The van der Waals surface area contributed by atoms with Gasteiger partial charge in [-0.3, -0.25) is 10.1 Å². The monoisotopic (exact) mass is 327 g/mol. The number of aromatic nitrogens is 4. The molecule has 0 fully saturated rings. The molecule has 0 radical (unpaired) electrons. The molecule has 0 amide bonds. The molecule has 1 heterocycles. The second-order valence-corrected chi connectivity index (χ2v) is 5.87. The predicted octanol–water partition coefficient (Wildman–Crippen LogP) is 3.17. The maximum absolute atomic E-state index is 10.7. The van der Waals surface area contributed by atoms with E-state index in [0.29, 0.717) is 10.9 Å². The van der Waals surface area contributed by atoms with Gasteiger partial charge in [0.2, 0.25) is 5.16 Å². The van der Waals surface area contributed by atoms with Gasteiger partial charge in [-0.05, 0) is 40.6 Å². The Hall–Kier alpha value is -2.74.